The van der Waals surface area contributed by atoms with Gasteiger partial charge >= 0.3 is 0 Å². The maximum Gasteiger partial charge on any atom is 0.0772 e. The third-order valence-corrected chi connectivity index (χ3v) is 3.57. The number of hydrogen-bond donors (Lipinski definition) is 2. The second-order valence-corrected chi connectivity index (χ2v) is 5.30. The Morgan fingerprint density at radius 1 is 1.10 bits per heavy atom. The van der Waals surface area contributed by atoms with Gasteiger partial charge in [-0.25, -0.2) is 0 Å². The summed E-state index contributed by atoms with van der Waals surface area (Å²) >= 11 is 0. The second-order valence-electron chi connectivity index (χ2n) is 5.30. The Morgan fingerprint density at radius 2 is 1.76 bits per heavy atom. The molecule has 1 atom stereocenters. The molecule has 0 saturated carbocycles. The molecule has 0 aliphatic heterocycles. The molecule has 3 N–H and O–H groups in total. The monoisotopic (exact) mass is 296 g/mol. The van der Waals surface area contributed by atoms with Gasteiger partial charge in [-0.2, -0.15) is 0 Å². The standard InChI is InChI=1S/C16H28N2O3/c1-20-11-6-9-18(10-12-21-2)13-16(17,14-19)15-7-4-3-5-8-15/h3-5,7-8,19H,6,9-14,17H2,1-2H3. The Labute approximate surface area is 127 Å². The van der Waals surface area contributed by atoms with E-state index in [4.69, 9.17) is 15.2 Å². The van der Waals surface area contributed by atoms with Gasteiger partial charge in [0.2, 0.25) is 0 Å². The molecule has 0 aromatic heterocycles. The van der Waals surface area contributed by atoms with E-state index in [0.29, 0.717) is 19.8 Å². The maximum absolute atomic E-state index is 9.78. The summed E-state index contributed by atoms with van der Waals surface area (Å²) in [6.45, 7) is 3.50. The van der Waals surface area contributed by atoms with Crippen molar-refractivity contribution >= 4 is 0 Å². The van der Waals surface area contributed by atoms with Crippen molar-refractivity contribution in [1.82, 2.24) is 4.90 Å². The predicted octanol–water partition coefficient (Wildman–Crippen LogP) is 0.818. The second kappa shape index (κ2) is 9.87. The topological polar surface area (TPSA) is 68.0 Å². The Balaban J connectivity index is 2.72. The molecular weight excluding hydrogens is 268 g/mol. The smallest absolute Gasteiger partial charge is 0.0772 e. The molecule has 0 amide bonds. The van der Waals surface area contributed by atoms with Gasteiger partial charge in [-0.1, -0.05) is 30.3 Å². The van der Waals surface area contributed by atoms with Crippen LogP contribution < -0.4 is 5.73 Å². The fourth-order valence-electron chi connectivity index (χ4n) is 2.32. The molecule has 0 aliphatic rings. The van der Waals surface area contributed by atoms with E-state index >= 15 is 0 Å². The van der Waals surface area contributed by atoms with E-state index in [2.05, 4.69) is 4.90 Å². The summed E-state index contributed by atoms with van der Waals surface area (Å²) in [5.74, 6) is 0. The average Bonchev–Trinajstić information content (AvgIpc) is 2.53. The molecule has 0 bridgehead atoms. The highest BCUT2D eigenvalue weighted by Crippen LogP contribution is 2.19. The molecule has 0 spiro atoms. The summed E-state index contributed by atoms with van der Waals surface area (Å²) in [4.78, 5) is 2.21. The van der Waals surface area contributed by atoms with Crippen LogP contribution in [0.3, 0.4) is 0 Å². The fraction of sp³-hybridized carbons (Fsp3) is 0.625. The minimum Gasteiger partial charge on any atom is -0.394 e. The first-order valence-electron chi connectivity index (χ1n) is 7.32. The van der Waals surface area contributed by atoms with Crippen LogP contribution in [-0.4, -0.2) is 63.7 Å². The van der Waals surface area contributed by atoms with Gasteiger partial charge in [0, 0.05) is 40.5 Å². The average molecular weight is 296 g/mol. The maximum atomic E-state index is 9.78. The molecule has 0 aliphatic carbocycles. The molecule has 0 saturated heterocycles. The van der Waals surface area contributed by atoms with Crippen molar-refractivity contribution < 1.29 is 14.6 Å². The van der Waals surface area contributed by atoms with Crippen molar-refractivity contribution in [3.8, 4) is 0 Å². The largest absolute Gasteiger partial charge is 0.394 e. The Morgan fingerprint density at radius 3 is 2.33 bits per heavy atom. The van der Waals surface area contributed by atoms with Crippen molar-refractivity contribution in [2.24, 2.45) is 5.73 Å². The molecular formula is C16H28N2O3. The number of nitrogens with two attached hydrogens (primary N) is 1. The van der Waals surface area contributed by atoms with Crippen molar-refractivity contribution in [3.05, 3.63) is 35.9 Å². The lowest BCUT2D eigenvalue weighted by Crippen LogP contribution is -2.51. The molecule has 5 heteroatoms. The van der Waals surface area contributed by atoms with E-state index in [-0.39, 0.29) is 6.61 Å². The predicted molar refractivity (Wildman–Crippen MR) is 84.2 cm³/mol. The number of hydrogen-bond acceptors (Lipinski definition) is 5. The number of nitrogens with zero attached hydrogens (tertiary/aromatic N) is 1. The van der Waals surface area contributed by atoms with Crippen molar-refractivity contribution in [2.75, 3.05) is 53.7 Å². The normalized spacial score (nSPS) is 14.3. The molecule has 0 heterocycles. The van der Waals surface area contributed by atoms with Crippen LogP contribution in [0, 0.1) is 0 Å². The summed E-state index contributed by atoms with van der Waals surface area (Å²) in [7, 11) is 3.39. The van der Waals surface area contributed by atoms with Crippen LogP contribution in [0.1, 0.15) is 12.0 Å². The number of methoxy groups -OCH3 is 2. The van der Waals surface area contributed by atoms with Gasteiger partial charge in [-0.3, -0.25) is 4.90 Å². The van der Waals surface area contributed by atoms with Crippen LogP contribution in [-0.2, 0) is 15.0 Å². The Bertz CT molecular complexity index is 375. The summed E-state index contributed by atoms with van der Waals surface area (Å²) < 4.78 is 10.3. The number of aliphatic hydroxyl groups is 1. The van der Waals surface area contributed by atoms with Crippen LogP contribution in [0.2, 0.25) is 0 Å². The molecule has 0 fully saturated rings. The quantitative estimate of drug-likeness (QED) is 0.592. The van der Waals surface area contributed by atoms with Crippen LogP contribution in [0.25, 0.3) is 0 Å². The van der Waals surface area contributed by atoms with Gasteiger partial charge in [-0.15, -0.1) is 0 Å². The Hall–Kier alpha value is -0.980. The van der Waals surface area contributed by atoms with Gasteiger partial charge in [0.1, 0.15) is 0 Å². The summed E-state index contributed by atoms with van der Waals surface area (Å²) in [5.41, 5.74) is 6.62. The van der Waals surface area contributed by atoms with Gasteiger partial charge in [0.05, 0.1) is 18.8 Å². The number of rotatable bonds is 11. The summed E-state index contributed by atoms with van der Waals surface area (Å²) in [6, 6.07) is 9.75. The number of benzene rings is 1. The minimum atomic E-state index is -0.762. The number of ether oxygens (including phenoxy) is 2. The highest BCUT2D eigenvalue weighted by atomic mass is 16.5. The number of aliphatic hydroxyl groups excluding tert-OH is 1. The van der Waals surface area contributed by atoms with E-state index < -0.39 is 5.54 Å². The zero-order chi connectivity index (χ0) is 15.6. The summed E-state index contributed by atoms with van der Waals surface area (Å²) in [5, 5.41) is 9.78. The first-order chi connectivity index (χ1) is 10.2. The van der Waals surface area contributed by atoms with Crippen molar-refractivity contribution in [1.29, 1.82) is 0 Å². The molecule has 1 aromatic carbocycles. The molecule has 120 valence electrons. The van der Waals surface area contributed by atoms with E-state index in [1.165, 1.54) is 0 Å². The molecule has 0 radical (unpaired) electrons. The molecule has 1 aromatic rings. The van der Waals surface area contributed by atoms with Crippen molar-refractivity contribution in [3.63, 3.8) is 0 Å². The first kappa shape index (κ1) is 18.1. The van der Waals surface area contributed by atoms with Gasteiger partial charge in [0.15, 0.2) is 0 Å². The zero-order valence-corrected chi connectivity index (χ0v) is 13.1. The lowest BCUT2D eigenvalue weighted by Gasteiger charge is -2.34. The van der Waals surface area contributed by atoms with Crippen LogP contribution >= 0.6 is 0 Å². The van der Waals surface area contributed by atoms with E-state index in [1.54, 1.807) is 14.2 Å². The van der Waals surface area contributed by atoms with Crippen molar-refractivity contribution in [2.45, 2.75) is 12.0 Å². The molecule has 21 heavy (non-hydrogen) atoms. The minimum absolute atomic E-state index is 0.0925. The zero-order valence-electron chi connectivity index (χ0n) is 13.1. The van der Waals surface area contributed by atoms with Crippen LogP contribution in [0.4, 0.5) is 0 Å². The van der Waals surface area contributed by atoms with Gasteiger partial charge < -0.3 is 20.3 Å². The Kier molecular flexibility index (Phi) is 8.49. The lowest BCUT2D eigenvalue weighted by molar-refractivity contribution is 0.0954. The van der Waals surface area contributed by atoms with E-state index in [9.17, 15) is 5.11 Å². The SMILES string of the molecule is COCCCN(CCOC)CC(N)(CO)c1ccccc1. The van der Waals surface area contributed by atoms with Crippen LogP contribution in [0.15, 0.2) is 30.3 Å². The lowest BCUT2D eigenvalue weighted by atomic mass is 9.91. The fourth-order valence-corrected chi connectivity index (χ4v) is 2.32. The molecule has 1 rings (SSSR count). The molecule has 1 unspecified atom stereocenters. The van der Waals surface area contributed by atoms with Gasteiger partial charge in [-0.05, 0) is 12.0 Å². The first-order valence-corrected chi connectivity index (χ1v) is 7.32. The third-order valence-electron chi connectivity index (χ3n) is 3.57. The molecule has 5 nitrogen and oxygen atoms in total. The van der Waals surface area contributed by atoms with Crippen LogP contribution in [0.5, 0.6) is 0 Å². The van der Waals surface area contributed by atoms with E-state index in [0.717, 1.165) is 25.1 Å². The highest BCUT2D eigenvalue weighted by molar-refractivity contribution is 5.24. The van der Waals surface area contributed by atoms with E-state index in [1.807, 2.05) is 30.3 Å². The third kappa shape index (κ3) is 6.11. The highest BCUT2D eigenvalue weighted by Gasteiger charge is 2.28. The van der Waals surface area contributed by atoms with Gasteiger partial charge in [0.25, 0.3) is 0 Å². The summed E-state index contributed by atoms with van der Waals surface area (Å²) in [6.07, 6.45) is 0.927.